The number of ether oxygens (including phenoxy) is 8. The molecule has 5 atom stereocenters. The molecule has 2 aromatic carbocycles. The molecular formula is C70H93FN14O19. The smallest absolute Gasteiger partial charge is 0.407 e. The fourth-order valence-electron chi connectivity index (χ4n) is 12.9. The van der Waals surface area contributed by atoms with Crippen LogP contribution in [0.4, 0.5) is 19.7 Å². The quantitative estimate of drug-likeness (QED) is 0.0151. The number of amides is 9. The summed E-state index contributed by atoms with van der Waals surface area (Å²) >= 11 is 0. The molecule has 4 aliphatic rings. The van der Waals surface area contributed by atoms with Crippen LogP contribution in [-0.2, 0) is 117 Å². The number of pyridine rings is 2. The Morgan fingerprint density at radius 3 is 2.24 bits per heavy atom. The second-order valence-corrected chi connectivity index (χ2v) is 26.0. The first kappa shape index (κ1) is 78.6. The second-order valence-electron chi connectivity index (χ2n) is 26.0. The first-order chi connectivity index (χ1) is 50.0. The van der Waals surface area contributed by atoms with Gasteiger partial charge in [-0.25, -0.2) is 28.4 Å². The number of carbonyl (C=O) groups excluding carboxylic acids is 9. The maximum absolute atomic E-state index is 15.4. The van der Waals surface area contributed by atoms with Crippen LogP contribution >= 0.6 is 0 Å². The number of hydrogen-bond acceptors (Lipinski definition) is 22. The average Bonchev–Trinajstić information content (AvgIpc) is 1.49. The number of aromatic nitrogens is 5. The van der Waals surface area contributed by atoms with E-state index in [4.69, 9.17) is 48.6 Å². The summed E-state index contributed by atoms with van der Waals surface area (Å²) in [6, 6.07) is 5.57. The van der Waals surface area contributed by atoms with Gasteiger partial charge in [-0.15, -0.1) is 5.10 Å². The second kappa shape index (κ2) is 37.7. The summed E-state index contributed by atoms with van der Waals surface area (Å²) in [6.07, 6.45) is 4.61. The Kier molecular flexibility index (Phi) is 28.5. The predicted molar refractivity (Wildman–Crippen MR) is 369 cm³/mol. The van der Waals surface area contributed by atoms with Crippen molar-refractivity contribution in [2.24, 2.45) is 18.7 Å². The number of nitrogens with one attached hydrogen (secondary N) is 8. The highest BCUT2D eigenvalue weighted by atomic mass is 19.1. The summed E-state index contributed by atoms with van der Waals surface area (Å²) in [4.78, 5) is 135. The lowest BCUT2D eigenvalue weighted by Gasteiger charge is -2.31. The minimum absolute atomic E-state index is 0.0453. The topological polar surface area (TPSA) is 436 Å². The lowest BCUT2D eigenvalue weighted by atomic mass is 9.81. The molecule has 0 saturated heterocycles. The number of rotatable bonds is 38. The summed E-state index contributed by atoms with van der Waals surface area (Å²) in [5.41, 5.74) is 9.06. The van der Waals surface area contributed by atoms with Gasteiger partial charge in [0, 0.05) is 54.8 Å². The highest BCUT2D eigenvalue weighted by Crippen LogP contribution is 2.46. The third kappa shape index (κ3) is 20.6. The third-order valence-corrected chi connectivity index (χ3v) is 18.4. The fraction of sp³-hybridized carbons (Fsp3) is 0.557. The van der Waals surface area contributed by atoms with E-state index in [0.29, 0.717) is 103 Å². The number of benzene rings is 2. The number of aryl methyl sites for hydroxylation is 3. The van der Waals surface area contributed by atoms with Gasteiger partial charge in [0.05, 0.1) is 99.3 Å². The van der Waals surface area contributed by atoms with Crippen molar-refractivity contribution in [1.82, 2.24) is 61.8 Å². The van der Waals surface area contributed by atoms with Crippen molar-refractivity contribution in [3.8, 4) is 11.4 Å². The maximum Gasteiger partial charge on any atom is 0.407 e. The van der Waals surface area contributed by atoms with Crippen LogP contribution < -0.4 is 53.8 Å². The van der Waals surface area contributed by atoms with Crippen LogP contribution in [0.2, 0.25) is 0 Å². The van der Waals surface area contributed by atoms with Gasteiger partial charge in [-0.1, -0.05) is 51.0 Å². The van der Waals surface area contributed by atoms with Crippen molar-refractivity contribution < 1.29 is 90.5 Å². The molecule has 1 unspecified atom stereocenters. The highest BCUT2D eigenvalue weighted by molar-refractivity contribution is 5.99. The highest BCUT2D eigenvalue weighted by Gasteiger charge is 2.46. The number of primary amides is 1. The molecule has 5 heterocycles. The molecule has 9 rings (SSSR count). The maximum atomic E-state index is 15.4. The molecule has 33 nitrogen and oxygen atoms in total. The number of hydrogen-bond donors (Lipinski definition) is 10. The van der Waals surface area contributed by atoms with Gasteiger partial charge >= 0.3 is 18.1 Å². The van der Waals surface area contributed by atoms with Crippen molar-refractivity contribution in [2.75, 3.05) is 97.8 Å². The molecule has 0 spiro atoms. The molecular weight excluding hydrogens is 1360 g/mol. The summed E-state index contributed by atoms with van der Waals surface area (Å²) in [5, 5.41) is 41.7. The van der Waals surface area contributed by atoms with E-state index in [0.717, 1.165) is 49.1 Å². The average molecular weight is 1450 g/mol. The van der Waals surface area contributed by atoms with E-state index in [9.17, 15) is 53.1 Å². The van der Waals surface area contributed by atoms with Gasteiger partial charge in [-0.05, 0) is 105 Å². The van der Waals surface area contributed by atoms with E-state index in [1.54, 1.807) is 62.7 Å². The largest absolute Gasteiger partial charge is 0.458 e. The number of nitrogens with two attached hydrogens (primary N) is 1. The van der Waals surface area contributed by atoms with Gasteiger partial charge in [-0.2, -0.15) is 0 Å². The van der Waals surface area contributed by atoms with Gasteiger partial charge in [0.15, 0.2) is 5.60 Å². The molecule has 104 heavy (non-hydrogen) atoms. The van der Waals surface area contributed by atoms with E-state index in [1.165, 1.54) is 10.6 Å². The van der Waals surface area contributed by atoms with Crippen LogP contribution in [0.5, 0.6) is 0 Å². The molecule has 564 valence electrons. The van der Waals surface area contributed by atoms with Crippen LogP contribution in [-0.4, -0.2) is 188 Å². The lowest BCUT2D eigenvalue weighted by Crippen LogP contribution is -2.54. The Balaban J connectivity index is 0.629. The number of aliphatic hydroxyl groups is 1. The van der Waals surface area contributed by atoms with Gasteiger partial charge < -0.3 is 95.8 Å². The van der Waals surface area contributed by atoms with Crippen molar-refractivity contribution in [1.29, 1.82) is 0 Å². The molecule has 9 amide bonds. The van der Waals surface area contributed by atoms with E-state index in [1.807, 2.05) is 7.05 Å². The lowest BCUT2D eigenvalue weighted by molar-refractivity contribution is -0.172. The predicted octanol–water partition coefficient (Wildman–Crippen LogP) is 2.24. The SMILES string of the molecule is CC[C@@]1(O)C(=O)OCc2c1cc1n(c2=O)Cc2c-1nc1cc(F)c(C)c3c1c2[C@@H](NC(=O)COCNC(=O)CNC(=O)OCc1ccc(NC(=O)[C@H](CCCNC(N)=O)NC(=O)[C@@H](NC(=O)CCOCCOCCOCCOCCNC(=O)COC2CCCCCc4nnn(C)c42)C(C)C)cc1)CC3. The normalized spacial score (nSPS) is 17.0. The van der Waals surface area contributed by atoms with Crippen LogP contribution in [0, 0.1) is 18.7 Å². The van der Waals surface area contributed by atoms with Crippen LogP contribution in [0.15, 0.2) is 41.2 Å². The van der Waals surface area contributed by atoms with Crippen molar-refractivity contribution in [3.05, 3.63) is 103 Å². The van der Waals surface area contributed by atoms with E-state index in [-0.39, 0.29) is 102 Å². The first-order valence-corrected chi connectivity index (χ1v) is 35.0. The van der Waals surface area contributed by atoms with Gasteiger partial charge in [-0.3, -0.25) is 33.6 Å². The number of anilines is 1. The Bertz CT molecular complexity index is 3980. The Morgan fingerprint density at radius 2 is 1.52 bits per heavy atom. The molecule has 0 saturated carbocycles. The summed E-state index contributed by atoms with van der Waals surface area (Å²) in [6.45, 7) is 7.27. The zero-order valence-corrected chi connectivity index (χ0v) is 59.1. The molecule has 2 aliphatic carbocycles. The minimum Gasteiger partial charge on any atom is -0.458 e. The monoisotopic (exact) mass is 1450 g/mol. The van der Waals surface area contributed by atoms with E-state index < -0.39 is 109 Å². The fourth-order valence-corrected chi connectivity index (χ4v) is 12.9. The minimum atomic E-state index is -2.06. The van der Waals surface area contributed by atoms with Gasteiger partial charge in [0.2, 0.25) is 35.4 Å². The Hall–Kier alpha value is -9.58. The number of esters is 1. The standard InChI is InChI=1S/C70H93FN14O19/c1-6-70(96)47-31-53-62-45(34-85(53)66(92)46(47)36-103-67(70)93)60-49(19-18-44-41(4)48(71)32-52(79-62)59(44)60)78-58(89)37-101-39-76-56(87)33-75-69(95)104-35-42-14-16-43(17-15-42)77-64(90)51(12-10-21-74-68(72)94)80-65(91)61(40(2)3)81-55(86)20-23-97-25-27-99-29-30-100-28-26-98-24-22-73-57(88)38-102-54-13-9-7-8-11-50-63(54)84(5)83-82-50/h14-17,31-32,40,49,51,54,61,96H,6-13,18-30,33-39H2,1-5H3,(H,73,88)(H,75,95)(H,76,87)(H,77,90)(H,78,89)(H,80,91)(H,81,86)(H3,72,74,94)/t49-,51-,54?,61-,70-/m0/s1. The zero-order valence-electron chi connectivity index (χ0n) is 59.1. The summed E-state index contributed by atoms with van der Waals surface area (Å²) in [5.74, 6) is -4.86. The third-order valence-electron chi connectivity index (χ3n) is 18.4. The Morgan fingerprint density at radius 1 is 0.788 bits per heavy atom. The summed E-state index contributed by atoms with van der Waals surface area (Å²) in [7, 11) is 1.84. The van der Waals surface area contributed by atoms with Crippen LogP contribution in [0.3, 0.4) is 0 Å². The molecule has 3 aromatic heterocycles. The molecule has 5 aromatic rings. The number of carbonyl (C=O) groups is 9. The van der Waals surface area contributed by atoms with Crippen LogP contribution in [0.25, 0.3) is 22.3 Å². The number of cyclic esters (lactones) is 1. The number of fused-ring (bicyclic) bond motifs is 6. The van der Waals surface area contributed by atoms with Crippen LogP contribution in [0.1, 0.15) is 141 Å². The first-order valence-electron chi connectivity index (χ1n) is 35.0. The molecule has 0 radical (unpaired) electrons. The Labute approximate surface area is 598 Å². The van der Waals surface area contributed by atoms with Gasteiger partial charge in [0.1, 0.15) is 63.7 Å². The van der Waals surface area contributed by atoms with Crippen molar-refractivity contribution >= 4 is 70.1 Å². The molecule has 0 bridgehead atoms. The van der Waals surface area contributed by atoms with Crippen molar-refractivity contribution in [3.63, 3.8) is 0 Å². The van der Waals surface area contributed by atoms with E-state index >= 15 is 4.39 Å². The number of urea groups is 1. The zero-order chi connectivity index (χ0) is 74.5. The van der Waals surface area contributed by atoms with E-state index in [2.05, 4.69) is 52.8 Å². The summed E-state index contributed by atoms with van der Waals surface area (Å²) < 4.78 is 62.8. The molecule has 0 fully saturated rings. The molecule has 34 heteroatoms. The number of halogens is 1. The number of alkyl carbamates (subject to hydrolysis) is 1. The molecule has 11 N–H and O–H groups in total. The molecule has 2 aliphatic heterocycles. The number of nitrogens with zero attached hydrogens (tertiary/aromatic N) is 5. The van der Waals surface area contributed by atoms with Crippen molar-refractivity contribution in [2.45, 2.75) is 148 Å². The van der Waals surface area contributed by atoms with Gasteiger partial charge in [0.25, 0.3) is 5.56 Å².